The molecule has 3 nitrogen and oxygen atoms in total. The fourth-order valence-corrected chi connectivity index (χ4v) is 1.47. The summed E-state index contributed by atoms with van der Waals surface area (Å²) in [7, 11) is 0. The van der Waals surface area contributed by atoms with E-state index in [1.165, 1.54) is 6.20 Å². The Morgan fingerprint density at radius 1 is 1.29 bits per heavy atom. The molecule has 1 aromatic heterocycles. The average molecular weight is 318 g/mol. The zero-order valence-corrected chi connectivity index (χ0v) is 10.0. The van der Waals surface area contributed by atoms with Crippen LogP contribution in [0.15, 0.2) is 37.8 Å². The lowest BCUT2D eigenvalue weighted by Gasteiger charge is -2.01. The van der Waals surface area contributed by atoms with E-state index in [0.29, 0.717) is 5.75 Å². The molecule has 5 heteroatoms. The van der Waals surface area contributed by atoms with Gasteiger partial charge in [-0.15, -0.1) is 0 Å². The number of nitrogens with zero attached hydrogens (tertiary/aromatic N) is 1. The van der Waals surface area contributed by atoms with Crippen molar-refractivity contribution in [2.24, 2.45) is 0 Å². The molecule has 1 aromatic carbocycles. The summed E-state index contributed by atoms with van der Waals surface area (Å²) in [5.41, 5.74) is 0. The molecule has 2 aromatic rings. The largest absolute Gasteiger partial charge is 0.411 e. The van der Waals surface area contributed by atoms with Gasteiger partial charge in [-0.3, -0.25) is 0 Å². The van der Waals surface area contributed by atoms with Gasteiger partial charge in [0.05, 0.1) is 6.20 Å². The molecule has 0 aliphatic rings. The van der Waals surface area contributed by atoms with Crippen LogP contribution in [0.25, 0.3) is 0 Å². The number of hydrogen-bond donors (Lipinski definition) is 0. The van der Waals surface area contributed by atoms with Crippen molar-refractivity contribution in [1.29, 1.82) is 0 Å². The van der Waals surface area contributed by atoms with E-state index < -0.39 is 0 Å². The maximum absolute atomic E-state index is 5.29. The van der Waals surface area contributed by atoms with E-state index in [4.69, 9.17) is 9.15 Å². The summed E-state index contributed by atoms with van der Waals surface area (Å²) < 4.78 is 12.0. The number of aromatic nitrogens is 1. The van der Waals surface area contributed by atoms with E-state index in [9.17, 15) is 0 Å². The SMILES string of the molecule is Brc1ccc(Oc2nc[c]o2)cc1Br. The average Bonchev–Trinajstić information content (AvgIpc) is 2.64. The predicted molar refractivity (Wildman–Crippen MR) is 57.3 cm³/mol. The van der Waals surface area contributed by atoms with Crippen LogP contribution in [-0.4, -0.2) is 4.98 Å². The van der Waals surface area contributed by atoms with Crippen molar-refractivity contribution in [2.45, 2.75) is 0 Å². The van der Waals surface area contributed by atoms with Crippen molar-refractivity contribution in [3.05, 3.63) is 39.6 Å². The van der Waals surface area contributed by atoms with Crippen LogP contribution in [0.2, 0.25) is 0 Å². The van der Waals surface area contributed by atoms with E-state index in [-0.39, 0.29) is 6.08 Å². The maximum atomic E-state index is 5.29. The summed E-state index contributed by atoms with van der Waals surface area (Å²) in [4.78, 5) is 3.79. The molecule has 0 amide bonds. The number of hydrogen-bond acceptors (Lipinski definition) is 3. The third-order valence-corrected chi connectivity index (χ3v) is 3.34. The number of benzene rings is 1. The Labute approximate surface area is 97.4 Å². The lowest BCUT2D eigenvalue weighted by atomic mass is 10.3. The van der Waals surface area contributed by atoms with Crippen LogP contribution in [0.3, 0.4) is 0 Å². The lowest BCUT2D eigenvalue weighted by molar-refractivity contribution is 0.328. The maximum Gasteiger partial charge on any atom is 0.399 e. The van der Waals surface area contributed by atoms with E-state index in [0.717, 1.165) is 8.95 Å². The summed E-state index contributed by atoms with van der Waals surface area (Å²) in [6, 6.07) is 5.49. The first-order valence-electron chi connectivity index (χ1n) is 3.70. The molecule has 0 bridgehead atoms. The number of oxazole rings is 1. The van der Waals surface area contributed by atoms with Gasteiger partial charge in [0.25, 0.3) is 0 Å². The van der Waals surface area contributed by atoms with Crippen molar-refractivity contribution in [2.75, 3.05) is 0 Å². The Bertz CT molecular complexity index is 428. The fourth-order valence-electron chi connectivity index (χ4n) is 0.871. The minimum atomic E-state index is 0.180. The minimum absolute atomic E-state index is 0.180. The third-order valence-electron chi connectivity index (χ3n) is 1.47. The molecule has 2 rings (SSSR count). The van der Waals surface area contributed by atoms with Gasteiger partial charge in [0.15, 0.2) is 6.26 Å². The van der Waals surface area contributed by atoms with Gasteiger partial charge in [-0.25, -0.2) is 0 Å². The monoisotopic (exact) mass is 316 g/mol. The number of halogens is 2. The Morgan fingerprint density at radius 3 is 2.79 bits per heavy atom. The highest BCUT2D eigenvalue weighted by Gasteiger charge is 2.03. The zero-order valence-electron chi connectivity index (χ0n) is 6.83. The summed E-state index contributed by atoms with van der Waals surface area (Å²) in [6.45, 7) is 0. The smallest absolute Gasteiger partial charge is 0.399 e. The van der Waals surface area contributed by atoms with Gasteiger partial charge >= 0.3 is 6.08 Å². The van der Waals surface area contributed by atoms with Gasteiger partial charge in [-0.2, -0.15) is 4.98 Å². The second-order valence-corrected chi connectivity index (χ2v) is 4.13. The predicted octanol–water partition coefficient (Wildman–Crippen LogP) is 3.79. The summed E-state index contributed by atoms with van der Waals surface area (Å²) in [5, 5.41) is 0. The van der Waals surface area contributed by atoms with Crippen LogP contribution >= 0.6 is 31.9 Å². The molecule has 0 N–H and O–H groups in total. The fraction of sp³-hybridized carbons (Fsp3) is 0. The molecule has 0 unspecified atom stereocenters. The third kappa shape index (κ3) is 2.16. The van der Waals surface area contributed by atoms with Crippen LogP contribution in [0.4, 0.5) is 0 Å². The van der Waals surface area contributed by atoms with Crippen LogP contribution in [0.5, 0.6) is 11.8 Å². The van der Waals surface area contributed by atoms with E-state index >= 15 is 0 Å². The molecular weight excluding hydrogens is 314 g/mol. The van der Waals surface area contributed by atoms with Gasteiger partial charge in [0, 0.05) is 8.95 Å². The molecule has 14 heavy (non-hydrogen) atoms. The Morgan fingerprint density at radius 2 is 2.14 bits per heavy atom. The van der Waals surface area contributed by atoms with Crippen molar-refractivity contribution in [3.8, 4) is 11.8 Å². The first kappa shape index (κ1) is 9.73. The second-order valence-electron chi connectivity index (χ2n) is 2.42. The summed E-state index contributed by atoms with van der Waals surface area (Å²) >= 11 is 6.72. The standard InChI is InChI=1S/C9H4Br2NO2/c10-7-2-1-6(5-8(7)11)14-9-12-3-4-13-9/h1-3,5H. The normalized spacial score (nSPS) is 10.1. The lowest BCUT2D eigenvalue weighted by Crippen LogP contribution is -1.83. The second kappa shape index (κ2) is 4.14. The van der Waals surface area contributed by atoms with E-state index in [1.807, 2.05) is 12.1 Å². The van der Waals surface area contributed by atoms with Crippen molar-refractivity contribution < 1.29 is 9.15 Å². The Hall–Kier alpha value is -0.810. The van der Waals surface area contributed by atoms with E-state index in [1.54, 1.807) is 6.07 Å². The van der Waals surface area contributed by atoms with Crippen LogP contribution in [0, 0.1) is 6.26 Å². The first-order chi connectivity index (χ1) is 6.75. The number of rotatable bonds is 2. The van der Waals surface area contributed by atoms with Crippen LogP contribution in [-0.2, 0) is 0 Å². The van der Waals surface area contributed by atoms with Crippen molar-refractivity contribution in [3.63, 3.8) is 0 Å². The highest BCUT2D eigenvalue weighted by Crippen LogP contribution is 2.29. The molecule has 0 saturated carbocycles. The quantitative estimate of drug-likeness (QED) is 0.845. The van der Waals surface area contributed by atoms with Gasteiger partial charge < -0.3 is 9.15 Å². The van der Waals surface area contributed by atoms with Gasteiger partial charge in [-0.05, 0) is 50.1 Å². The van der Waals surface area contributed by atoms with Crippen molar-refractivity contribution >= 4 is 31.9 Å². The van der Waals surface area contributed by atoms with Crippen LogP contribution in [0.1, 0.15) is 0 Å². The molecule has 1 heterocycles. The van der Waals surface area contributed by atoms with Gasteiger partial charge in [-0.1, -0.05) is 0 Å². The van der Waals surface area contributed by atoms with E-state index in [2.05, 4.69) is 43.1 Å². The van der Waals surface area contributed by atoms with Gasteiger partial charge in [0.2, 0.25) is 0 Å². The summed E-state index contributed by atoms with van der Waals surface area (Å²) in [6.07, 6.45) is 4.03. The molecule has 0 aliphatic heterocycles. The molecule has 71 valence electrons. The van der Waals surface area contributed by atoms with Gasteiger partial charge in [0.1, 0.15) is 5.75 Å². The molecule has 1 radical (unpaired) electrons. The molecule has 0 aliphatic carbocycles. The number of ether oxygens (including phenoxy) is 1. The van der Waals surface area contributed by atoms with Crippen LogP contribution < -0.4 is 4.74 Å². The highest BCUT2D eigenvalue weighted by molar-refractivity contribution is 9.13. The molecule has 0 spiro atoms. The van der Waals surface area contributed by atoms with Crippen molar-refractivity contribution in [1.82, 2.24) is 4.98 Å². The molecule has 0 atom stereocenters. The topological polar surface area (TPSA) is 35.3 Å². The summed E-state index contributed by atoms with van der Waals surface area (Å²) in [5.74, 6) is 0.649. The highest BCUT2D eigenvalue weighted by atomic mass is 79.9. The Kier molecular flexibility index (Phi) is 2.88. The molecule has 0 saturated heterocycles. The first-order valence-corrected chi connectivity index (χ1v) is 5.29. The zero-order chi connectivity index (χ0) is 9.97. The minimum Gasteiger partial charge on any atom is -0.411 e. The molecular formula is C9H4Br2NO2. The molecule has 0 fully saturated rings. The Balaban J connectivity index is 2.22.